The predicted octanol–water partition coefficient (Wildman–Crippen LogP) is 1.81. The number of ether oxygens (including phenoxy) is 2. The molecule has 10 heteroatoms. The Morgan fingerprint density at radius 2 is 1.55 bits per heavy atom. The van der Waals surface area contributed by atoms with Gasteiger partial charge in [0.1, 0.15) is 18.1 Å². The number of hydrogen-bond donors (Lipinski definition) is 1. The van der Waals surface area contributed by atoms with Gasteiger partial charge in [-0.1, -0.05) is 0 Å². The largest absolute Gasteiger partial charge is 0.497 e. The molecule has 9 nitrogen and oxygen atoms in total. The van der Waals surface area contributed by atoms with E-state index in [1.807, 2.05) is 0 Å². The highest BCUT2D eigenvalue weighted by Crippen LogP contribution is 2.18. The van der Waals surface area contributed by atoms with Crippen molar-refractivity contribution in [2.24, 2.45) is 0 Å². The maximum atomic E-state index is 12.7. The zero-order chi connectivity index (χ0) is 23.0. The van der Waals surface area contributed by atoms with Gasteiger partial charge in [-0.15, -0.1) is 0 Å². The van der Waals surface area contributed by atoms with Crippen LogP contribution in [0.3, 0.4) is 0 Å². The van der Waals surface area contributed by atoms with E-state index >= 15 is 0 Å². The van der Waals surface area contributed by atoms with Crippen molar-refractivity contribution in [2.75, 3.05) is 46.2 Å². The number of carbonyl (C=O) groups is 2. The van der Waals surface area contributed by atoms with E-state index in [4.69, 9.17) is 9.47 Å². The molecule has 31 heavy (non-hydrogen) atoms. The molecule has 2 rings (SSSR count). The Bertz CT molecular complexity index is 991. The monoisotopic (exact) mass is 449 g/mol. The Labute approximate surface area is 182 Å². The first-order valence-electron chi connectivity index (χ1n) is 9.48. The van der Waals surface area contributed by atoms with Crippen LogP contribution in [0.5, 0.6) is 11.5 Å². The highest BCUT2D eigenvalue weighted by atomic mass is 32.2. The SMILES string of the molecule is COc1ccc(OCCN(C)C(=O)CN(C)S(=O)(=O)c2ccc(NC(C)=O)cc2)cc1. The highest BCUT2D eigenvalue weighted by Gasteiger charge is 2.24. The van der Waals surface area contributed by atoms with Gasteiger partial charge in [-0.2, -0.15) is 4.31 Å². The Hall–Kier alpha value is -3.11. The van der Waals surface area contributed by atoms with Crippen LogP contribution in [-0.2, 0) is 19.6 Å². The summed E-state index contributed by atoms with van der Waals surface area (Å²) in [6, 6.07) is 12.8. The molecule has 0 aromatic heterocycles. The first kappa shape index (κ1) is 24.2. The molecule has 0 aliphatic heterocycles. The fourth-order valence-electron chi connectivity index (χ4n) is 2.59. The van der Waals surface area contributed by atoms with Crippen LogP contribution in [0.2, 0.25) is 0 Å². The number of sulfonamides is 1. The number of benzene rings is 2. The van der Waals surface area contributed by atoms with Gasteiger partial charge in [0.15, 0.2) is 0 Å². The molecule has 0 aliphatic carbocycles. The molecule has 0 bridgehead atoms. The van der Waals surface area contributed by atoms with Gasteiger partial charge in [0, 0.05) is 26.7 Å². The topological polar surface area (TPSA) is 105 Å². The van der Waals surface area contributed by atoms with Gasteiger partial charge in [-0.05, 0) is 48.5 Å². The minimum absolute atomic E-state index is 0.0300. The minimum atomic E-state index is -3.85. The maximum absolute atomic E-state index is 12.7. The molecule has 2 aromatic carbocycles. The van der Waals surface area contributed by atoms with Crippen molar-refractivity contribution < 1.29 is 27.5 Å². The lowest BCUT2D eigenvalue weighted by Gasteiger charge is -2.22. The molecule has 0 heterocycles. The van der Waals surface area contributed by atoms with Crippen LogP contribution >= 0.6 is 0 Å². The van der Waals surface area contributed by atoms with Gasteiger partial charge in [-0.3, -0.25) is 9.59 Å². The Morgan fingerprint density at radius 3 is 2.10 bits per heavy atom. The van der Waals surface area contributed by atoms with Gasteiger partial charge in [0.2, 0.25) is 21.8 Å². The van der Waals surface area contributed by atoms with Crippen LogP contribution in [0, 0.1) is 0 Å². The van der Waals surface area contributed by atoms with E-state index in [2.05, 4.69) is 5.32 Å². The average molecular weight is 450 g/mol. The molecule has 0 fully saturated rings. The summed E-state index contributed by atoms with van der Waals surface area (Å²) < 4.78 is 37.1. The summed E-state index contributed by atoms with van der Waals surface area (Å²) in [6.45, 7) is 1.61. The van der Waals surface area contributed by atoms with Crippen LogP contribution in [0.4, 0.5) is 5.69 Å². The second kappa shape index (κ2) is 10.8. The van der Waals surface area contributed by atoms with Crippen LogP contribution < -0.4 is 14.8 Å². The average Bonchev–Trinajstić information content (AvgIpc) is 2.74. The van der Waals surface area contributed by atoms with Crippen LogP contribution in [-0.4, -0.2) is 70.3 Å². The molecule has 0 aliphatic rings. The normalized spacial score (nSPS) is 11.1. The summed E-state index contributed by atoms with van der Waals surface area (Å²) in [4.78, 5) is 25.0. The quantitative estimate of drug-likeness (QED) is 0.593. The third-order valence-electron chi connectivity index (χ3n) is 4.42. The number of amides is 2. The molecule has 1 N–H and O–H groups in total. The van der Waals surface area contributed by atoms with Crippen molar-refractivity contribution in [1.82, 2.24) is 9.21 Å². The van der Waals surface area contributed by atoms with E-state index in [0.717, 1.165) is 4.31 Å². The number of anilines is 1. The molecule has 2 amide bonds. The second-order valence-corrected chi connectivity index (χ2v) is 8.85. The number of methoxy groups -OCH3 is 1. The number of carbonyl (C=O) groups excluding carboxylic acids is 2. The zero-order valence-electron chi connectivity index (χ0n) is 18.0. The van der Waals surface area contributed by atoms with E-state index in [1.165, 1.54) is 43.1 Å². The van der Waals surface area contributed by atoms with E-state index in [0.29, 0.717) is 23.7 Å². The summed E-state index contributed by atoms with van der Waals surface area (Å²) in [5.41, 5.74) is 0.488. The lowest BCUT2D eigenvalue weighted by atomic mass is 10.3. The van der Waals surface area contributed by atoms with Crippen molar-refractivity contribution >= 4 is 27.5 Å². The number of rotatable bonds is 10. The second-order valence-electron chi connectivity index (χ2n) is 6.81. The van der Waals surface area contributed by atoms with Gasteiger partial charge >= 0.3 is 0 Å². The summed E-state index contributed by atoms with van der Waals surface area (Å²) in [7, 11) is 0.655. The van der Waals surface area contributed by atoms with Gasteiger partial charge in [0.05, 0.1) is 25.1 Å². The van der Waals surface area contributed by atoms with Gasteiger partial charge < -0.3 is 19.7 Å². The molecule has 0 unspecified atom stereocenters. The Morgan fingerprint density at radius 1 is 0.968 bits per heavy atom. The lowest BCUT2D eigenvalue weighted by molar-refractivity contribution is -0.130. The van der Waals surface area contributed by atoms with Crippen molar-refractivity contribution in [3.63, 3.8) is 0 Å². The summed E-state index contributed by atoms with van der Waals surface area (Å²) in [6.07, 6.45) is 0. The number of likely N-dealkylation sites (N-methyl/N-ethyl adjacent to an activating group) is 2. The summed E-state index contributed by atoms with van der Waals surface area (Å²) in [5, 5.41) is 2.57. The predicted molar refractivity (Wildman–Crippen MR) is 117 cm³/mol. The van der Waals surface area contributed by atoms with E-state index in [1.54, 1.807) is 38.4 Å². The summed E-state index contributed by atoms with van der Waals surface area (Å²) in [5.74, 6) is 0.745. The number of nitrogens with one attached hydrogen (secondary N) is 1. The van der Waals surface area contributed by atoms with Crippen molar-refractivity contribution in [1.29, 1.82) is 0 Å². The van der Waals surface area contributed by atoms with Crippen LogP contribution in [0.15, 0.2) is 53.4 Å². The molecule has 2 aromatic rings. The van der Waals surface area contributed by atoms with Gasteiger partial charge in [0.25, 0.3) is 0 Å². The molecule has 0 radical (unpaired) electrons. The van der Waals surface area contributed by atoms with Crippen molar-refractivity contribution in [3.8, 4) is 11.5 Å². The fraction of sp³-hybridized carbons (Fsp3) is 0.333. The highest BCUT2D eigenvalue weighted by molar-refractivity contribution is 7.89. The molecule has 0 saturated heterocycles. The molecule has 168 valence electrons. The smallest absolute Gasteiger partial charge is 0.243 e. The third kappa shape index (κ3) is 6.97. The minimum Gasteiger partial charge on any atom is -0.497 e. The molecule has 0 saturated carbocycles. The number of nitrogens with zero attached hydrogens (tertiary/aromatic N) is 2. The molecule has 0 spiro atoms. The Balaban J connectivity index is 1.88. The van der Waals surface area contributed by atoms with E-state index < -0.39 is 10.0 Å². The van der Waals surface area contributed by atoms with E-state index in [9.17, 15) is 18.0 Å². The third-order valence-corrected chi connectivity index (χ3v) is 6.24. The maximum Gasteiger partial charge on any atom is 0.243 e. The zero-order valence-corrected chi connectivity index (χ0v) is 18.8. The van der Waals surface area contributed by atoms with E-state index in [-0.39, 0.29) is 29.9 Å². The molecular weight excluding hydrogens is 422 g/mol. The van der Waals surface area contributed by atoms with Gasteiger partial charge in [-0.25, -0.2) is 8.42 Å². The first-order chi connectivity index (χ1) is 14.6. The molecule has 0 atom stereocenters. The van der Waals surface area contributed by atoms with Crippen molar-refractivity contribution in [2.45, 2.75) is 11.8 Å². The Kier molecular flexibility index (Phi) is 8.40. The fourth-order valence-corrected chi connectivity index (χ4v) is 3.71. The summed E-state index contributed by atoms with van der Waals surface area (Å²) >= 11 is 0. The first-order valence-corrected chi connectivity index (χ1v) is 10.9. The standard InChI is InChI=1S/C21H27N3O6S/c1-16(25)22-17-5-11-20(12-6-17)31(27,28)24(3)15-21(26)23(2)13-14-30-19-9-7-18(29-4)8-10-19/h5-12H,13-15H2,1-4H3,(H,22,25). The lowest BCUT2D eigenvalue weighted by Crippen LogP contribution is -2.40. The van der Waals surface area contributed by atoms with Crippen LogP contribution in [0.1, 0.15) is 6.92 Å². The van der Waals surface area contributed by atoms with Crippen LogP contribution in [0.25, 0.3) is 0 Å². The molecular formula is C21H27N3O6S. The number of hydrogen-bond acceptors (Lipinski definition) is 6. The van der Waals surface area contributed by atoms with Crippen molar-refractivity contribution in [3.05, 3.63) is 48.5 Å².